The highest BCUT2D eigenvalue weighted by Crippen LogP contribution is 2.25. The zero-order valence-corrected chi connectivity index (χ0v) is 19.0. The molecule has 0 bridgehead atoms. The first-order valence-corrected chi connectivity index (χ1v) is 11.6. The van der Waals surface area contributed by atoms with Crippen molar-refractivity contribution in [2.24, 2.45) is 0 Å². The predicted molar refractivity (Wildman–Crippen MR) is 129 cm³/mol. The summed E-state index contributed by atoms with van der Waals surface area (Å²) in [5, 5.41) is 7.22. The van der Waals surface area contributed by atoms with Crippen molar-refractivity contribution in [3.8, 4) is 0 Å². The summed E-state index contributed by atoms with van der Waals surface area (Å²) in [5.41, 5.74) is 2.47. The Labute approximate surface area is 189 Å². The molecule has 2 N–H and O–H groups in total. The van der Waals surface area contributed by atoms with E-state index in [2.05, 4.69) is 61.6 Å². The molecule has 0 radical (unpaired) electrons. The topological polar surface area (TPSA) is 56.3 Å². The normalized spacial score (nSPS) is 19.1. The number of nitrogens with one attached hydrogen (secondary N) is 2. The van der Waals surface area contributed by atoms with E-state index in [0.29, 0.717) is 28.8 Å². The number of thiocarbonyl (C=S) groups is 1. The van der Waals surface area contributed by atoms with E-state index >= 15 is 0 Å². The largest absolute Gasteiger partial charge is 0.372 e. The van der Waals surface area contributed by atoms with E-state index in [0.717, 1.165) is 25.5 Å². The molecular formula is C22H29ClN6S. The fraction of sp³-hybridized carbons (Fsp3) is 0.500. The number of halogens is 1. The van der Waals surface area contributed by atoms with Crippen LogP contribution >= 0.6 is 23.8 Å². The van der Waals surface area contributed by atoms with Gasteiger partial charge < -0.3 is 20.4 Å². The Hall–Kier alpha value is -2.12. The van der Waals surface area contributed by atoms with E-state index in [4.69, 9.17) is 23.8 Å². The van der Waals surface area contributed by atoms with Gasteiger partial charge in [-0.15, -0.1) is 0 Å². The first-order valence-electron chi connectivity index (χ1n) is 10.8. The fourth-order valence-corrected chi connectivity index (χ4v) is 4.52. The van der Waals surface area contributed by atoms with Gasteiger partial charge in [-0.25, -0.2) is 4.98 Å². The number of piperidine rings is 1. The second-order valence-electron chi connectivity index (χ2n) is 8.08. The number of aromatic nitrogens is 2. The lowest BCUT2D eigenvalue weighted by molar-refractivity contribution is 0.481. The van der Waals surface area contributed by atoms with Gasteiger partial charge in [0.05, 0.1) is 0 Å². The molecule has 8 heteroatoms. The summed E-state index contributed by atoms with van der Waals surface area (Å²) >= 11 is 11.7. The van der Waals surface area contributed by atoms with Gasteiger partial charge in [0.15, 0.2) is 5.11 Å². The lowest BCUT2D eigenvalue weighted by atomic mass is 10.0. The lowest BCUT2D eigenvalue weighted by Crippen LogP contribution is -2.38. The molecule has 0 amide bonds. The summed E-state index contributed by atoms with van der Waals surface area (Å²) in [5.74, 6) is 1.28. The molecule has 4 rings (SSSR count). The summed E-state index contributed by atoms with van der Waals surface area (Å²) < 4.78 is 0. The van der Waals surface area contributed by atoms with Crippen LogP contribution in [0.25, 0.3) is 0 Å². The van der Waals surface area contributed by atoms with Crippen molar-refractivity contribution in [2.75, 3.05) is 34.8 Å². The Kier molecular flexibility index (Phi) is 6.89. The monoisotopic (exact) mass is 444 g/mol. The van der Waals surface area contributed by atoms with Gasteiger partial charge in [0.25, 0.3) is 0 Å². The summed E-state index contributed by atoms with van der Waals surface area (Å²) in [6.07, 6.45) is 6.17. The van der Waals surface area contributed by atoms with Crippen molar-refractivity contribution in [1.29, 1.82) is 0 Å². The van der Waals surface area contributed by atoms with Crippen molar-refractivity contribution in [2.45, 2.75) is 51.6 Å². The van der Waals surface area contributed by atoms with Crippen LogP contribution in [0.2, 0.25) is 5.15 Å². The summed E-state index contributed by atoms with van der Waals surface area (Å²) in [6, 6.07) is 10.9. The van der Waals surface area contributed by atoms with Crippen molar-refractivity contribution in [1.82, 2.24) is 15.3 Å². The lowest BCUT2D eigenvalue weighted by Gasteiger charge is -2.34. The predicted octanol–water partition coefficient (Wildman–Crippen LogP) is 4.60. The van der Waals surface area contributed by atoms with Gasteiger partial charge in [0, 0.05) is 44.0 Å². The van der Waals surface area contributed by atoms with E-state index in [9.17, 15) is 0 Å². The third kappa shape index (κ3) is 5.32. The Morgan fingerprint density at radius 2 is 1.83 bits per heavy atom. The average Bonchev–Trinajstić information content (AvgIpc) is 3.27. The molecule has 0 spiro atoms. The molecule has 160 valence electrons. The van der Waals surface area contributed by atoms with Crippen LogP contribution in [0.4, 0.5) is 17.5 Å². The van der Waals surface area contributed by atoms with Gasteiger partial charge in [-0.1, -0.05) is 23.7 Å². The van der Waals surface area contributed by atoms with Crippen LogP contribution in [0, 0.1) is 0 Å². The van der Waals surface area contributed by atoms with E-state index in [1.807, 2.05) is 6.07 Å². The highest BCUT2D eigenvalue weighted by atomic mass is 35.5. The number of hydrogen-bond donors (Lipinski definition) is 2. The van der Waals surface area contributed by atoms with Crippen LogP contribution in [-0.2, 0) is 6.54 Å². The molecule has 30 heavy (non-hydrogen) atoms. The van der Waals surface area contributed by atoms with Gasteiger partial charge in [-0.3, -0.25) is 0 Å². The molecule has 2 fully saturated rings. The maximum absolute atomic E-state index is 6.26. The maximum atomic E-state index is 6.26. The number of rotatable bonds is 5. The summed E-state index contributed by atoms with van der Waals surface area (Å²) in [6.45, 7) is 6.17. The minimum atomic E-state index is 0.417. The van der Waals surface area contributed by atoms with Crippen molar-refractivity contribution in [3.63, 3.8) is 0 Å². The van der Waals surface area contributed by atoms with Crippen LogP contribution in [0.3, 0.4) is 0 Å². The van der Waals surface area contributed by atoms with Crippen LogP contribution < -0.4 is 20.4 Å². The second kappa shape index (κ2) is 9.79. The van der Waals surface area contributed by atoms with Crippen molar-refractivity contribution < 1.29 is 0 Å². The van der Waals surface area contributed by atoms with Crippen LogP contribution in [0.15, 0.2) is 30.3 Å². The number of nitrogens with zero attached hydrogens (tertiary/aromatic N) is 4. The average molecular weight is 445 g/mol. The molecule has 1 aromatic heterocycles. The number of benzene rings is 1. The zero-order chi connectivity index (χ0) is 20.9. The Bertz CT molecular complexity index is 868. The molecule has 6 nitrogen and oxygen atoms in total. The van der Waals surface area contributed by atoms with Crippen molar-refractivity contribution >= 4 is 46.4 Å². The summed E-state index contributed by atoms with van der Waals surface area (Å²) in [7, 11) is 0. The Balaban J connectivity index is 1.33. The maximum Gasteiger partial charge on any atom is 0.232 e. The molecule has 2 saturated heterocycles. The van der Waals surface area contributed by atoms with E-state index < -0.39 is 0 Å². The molecule has 3 heterocycles. The van der Waals surface area contributed by atoms with Crippen molar-refractivity contribution in [3.05, 3.63) is 41.0 Å². The number of anilines is 3. The highest BCUT2D eigenvalue weighted by molar-refractivity contribution is 7.80. The van der Waals surface area contributed by atoms with E-state index in [1.165, 1.54) is 43.4 Å². The molecule has 1 aromatic carbocycles. The quantitative estimate of drug-likeness (QED) is 0.516. The second-order valence-corrected chi connectivity index (χ2v) is 8.87. The Morgan fingerprint density at radius 1 is 1.10 bits per heavy atom. The first-order chi connectivity index (χ1) is 14.6. The SMILES string of the molecule is C[C@H]1CCCCN1c1cc(Cl)nc(NC(=S)NCc2ccc(N3CCCC3)cc2)n1. The molecule has 0 saturated carbocycles. The molecular weight excluding hydrogens is 416 g/mol. The highest BCUT2D eigenvalue weighted by Gasteiger charge is 2.21. The molecule has 2 aliphatic rings. The standard InChI is InChI=1S/C22H29ClN6S/c1-16-6-2-3-13-29(16)20-14-19(23)25-21(26-20)27-22(30)24-15-17-7-9-18(10-8-17)28-11-4-5-12-28/h7-10,14,16H,2-6,11-13,15H2,1H3,(H2,24,25,26,27,30)/t16-/m0/s1. The molecule has 0 aliphatic carbocycles. The van der Waals surface area contributed by atoms with Gasteiger partial charge in [0.2, 0.25) is 5.95 Å². The minimum Gasteiger partial charge on any atom is -0.372 e. The van der Waals surface area contributed by atoms with Crippen LogP contribution in [0.1, 0.15) is 44.6 Å². The summed E-state index contributed by atoms with van der Waals surface area (Å²) in [4.78, 5) is 13.7. The van der Waals surface area contributed by atoms with Gasteiger partial charge in [0.1, 0.15) is 11.0 Å². The van der Waals surface area contributed by atoms with Gasteiger partial charge in [-0.2, -0.15) is 4.98 Å². The molecule has 2 aromatic rings. The minimum absolute atomic E-state index is 0.417. The molecule has 2 aliphatic heterocycles. The third-order valence-corrected chi connectivity index (χ3v) is 6.30. The van der Waals surface area contributed by atoms with Crippen LogP contribution in [-0.4, -0.2) is 40.8 Å². The van der Waals surface area contributed by atoms with Gasteiger partial charge in [-0.05, 0) is 68.9 Å². The first kappa shape index (κ1) is 21.1. The fourth-order valence-electron chi connectivity index (χ4n) is 4.18. The molecule has 1 atom stereocenters. The Morgan fingerprint density at radius 3 is 2.57 bits per heavy atom. The molecule has 0 unspecified atom stereocenters. The van der Waals surface area contributed by atoms with Crippen LogP contribution in [0.5, 0.6) is 0 Å². The smallest absolute Gasteiger partial charge is 0.232 e. The van der Waals surface area contributed by atoms with E-state index in [1.54, 1.807) is 0 Å². The van der Waals surface area contributed by atoms with Gasteiger partial charge >= 0.3 is 0 Å². The third-order valence-electron chi connectivity index (χ3n) is 5.86. The zero-order valence-electron chi connectivity index (χ0n) is 17.4. The van der Waals surface area contributed by atoms with E-state index in [-0.39, 0.29) is 0 Å². The number of hydrogen-bond acceptors (Lipinski definition) is 5.